The lowest BCUT2D eigenvalue weighted by Crippen LogP contribution is -2.25. The van der Waals surface area contributed by atoms with Crippen LogP contribution in [0.4, 0.5) is 15.8 Å². The molecule has 0 spiro atoms. The maximum absolute atomic E-state index is 13.1. The van der Waals surface area contributed by atoms with Gasteiger partial charge in [0.2, 0.25) is 0 Å². The highest BCUT2D eigenvalue weighted by atomic mass is 32.2. The van der Waals surface area contributed by atoms with Gasteiger partial charge in [0, 0.05) is 12.1 Å². The van der Waals surface area contributed by atoms with E-state index in [1.54, 1.807) is 11.8 Å². The molecule has 0 fully saturated rings. The summed E-state index contributed by atoms with van der Waals surface area (Å²) >= 11 is 1.61. The van der Waals surface area contributed by atoms with Crippen LogP contribution in [0.2, 0.25) is 0 Å². The number of nitro benzene ring substituents is 1. The van der Waals surface area contributed by atoms with Gasteiger partial charge in [0.05, 0.1) is 17.6 Å². The molecule has 0 aliphatic carbocycles. The average Bonchev–Trinajstić information content (AvgIpc) is 2.34. The lowest BCUT2D eigenvalue weighted by Gasteiger charge is -2.17. The fourth-order valence-corrected chi connectivity index (χ4v) is 1.99. The summed E-state index contributed by atoms with van der Waals surface area (Å²) in [6, 6.07) is 2.90. The summed E-state index contributed by atoms with van der Waals surface area (Å²) in [7, 11) is 0. The van der Waals surface area contributed by atoms with Crippen LogP contribution in [-0.4, -0.2) is 34.7 Å². The molecule has 7 heteroatoms. The van der Waals surface area contributed by atoms with E-state index in [-0.39, 0.29) is 24.0 Å². The van der Waals surface area contributed by atoms with E-state index in [9.17, 15) is 19.6 Å². The highest BCUT2D eigenvalue weighted by molar-refractivity contribution is 7.98. The number of anilines is 1. The Morgan fingerprint density at radius 1 is 1.61 bits per heavy atom. The van der Waals surface area contributed by atoms with Crippen molar-refractivity contribution in [3.8, 4) is 0 Å². The second kappa shape index (κ2) is 7.17. The van der Waals surface area contributed by atoms with Gasteiger partial charge in [-0.1, -0.05) is 0 Å². The van der Waals surface area contributed by atoms with Gasteiger partial charge in [-0.15, -0.1) is 0 Å². The highest BCUT2D eigenvalue weighted by Crippen LogP contribution is 2.26. The SMILES string of the molecule is CSCCC(CO)Nc1cc(F)ccc1[N+](=O)[O-]. The smallest absolute Gasteiger partial charge is 0.292 e. The first-order valence-electron chi connectivity index (χ1n) is 5.38. The second-order valence-electron chi connectivity index (χ2n) is 3.72. The van der Waals surface area contributed by atoms with Gasteiger partial charge >= 0.3 is 0 Å². The number of aliphatic hydroxyl groups excluding tert-OH is 1. The highest BCUT2D eigenvalue weighted by Gasteiger charge is 2.17. The third-order valence-corrected chi connectivity index (χ3v) is 3.05. The Balaban J connectivity index is 2.86. The molecule has 0 saturated heterocycles. The third kappa shape index (κ3) is 4.15. The van der Waals surface area contributed by atoms with Crippen molar-refractivity contribution in [2.75, 3.05) is 23.9 Å². The number of thioether (sulfide) groups is 1. The predicted octanol–water partition coefficient (Wildman–Crippen LogP) is 2.26. The Hall–Kier alpha value is -1.34. The van der Waals surface area contributed by atoms with E-state index < -0.39 is 10.7 Å². The van der Waals surface area contributed by atoms with E-state index in [0.717, 1.165) is 24.0 Å². The fraction of sp³-hybridized carbons (Fsp3) is 0.455. The van der Waals surface area contributed by atoms with E-state index >= 15 is 0 Å². The number of aliphatic hydroxyl groups is 1. The monoisotopic (exact) mass is 274 g/mol. The molecule has 0 aromatic heterocycles. The number of hydrogen-bond donors (Lipinski definition) is 2. The molecule has 0 saturated carbocycles. The first-order valence-corrected chi connectivity index (χ1v) is 6.78. The van der Waals surface area contributed by atoms with E-state index in [4.69, 9.17) is 0 Å². The molecular weight excluding hydrogens is 259 g/mol. The van der Waals surface area contributed by atoms with Crippen molar-refractivity contribution in [1.29, 1.82) is 0 Å². The minimum absolute atomic E-state index is 0.0974. The van der Waals surface area contributed by atoms with Gasteiger partial charge in [0.15, 0.2) is 0 Å². The summed E-state index contributed by atoms with van der Waals surface area (Å²) in [6.45, 7) is -0.159. The van der Waals surface area contributed by atoms with Gasteiger partial charge < -0.3 is 10.4 Å². The molecule has 1 unspecified atom stereocenters. The zero-order valence-corrected chi connectivity index (χ0v) is 10.7. The summed E-state index contributed by atoms with van der Waals surface area (Å²) in [4.78, 5) is 10.2. The van der Waals surface area contributed by atoms with Crippen LogP contribution in [0.15, 0.2) is 18.2 Å². The van der Waals surface area contributed by atoms with Gasteiger partial charge in [0.25, 0.3) is 5.69 Å². The first-order chi connectivity index (χ1) is 8.58. The average molecular weight is 274 g/mol. The lowest BCUT2D eigenvalue weighted by atomic mass is 10.2. The maximum Gasteiger partial charge on any atom is 0.292 e. The molecule has 0 aliphatic rings. The Kier molecular flexibility index (Phi) is 5.87. The number of nitrogens with one attached hydrogen (secondary N) is 1. The maximum atomic E-state index is 13.1. The van der Waals surface area contributed by atoms with Crippen LogP contribution < -0.4 is 5.32 Å². The zero-order valence-electron chi connectivity index (χ0n) is 9.93. The van der Waals surface area contributed by atoms with Crippen molar-refractivity contribution in [1.82, 2.24) is 0 Å². The third-order valence-electron chi connectivity index (χ3n) is 2.41. The molecule has 0 radical (unpaired) electrons. The second-order valence-corrected chi connectivity index (χ2v) is 4.71. The fourth-order valence-electron chi connectivity index (χ4n) is 1.47. The molecule has 0 amide bonds. The minimum atomic E-state index is -0.579. The molecule has 18 heavy (non-hydrogen) atoms. The van der Waals surface area contributed by atoms with Crippen molar-refractivity contribution >= 4 is 23.1 Å². The summed E-state index contributed by atoms with van der Waals surface area (Å²) < 4.78 is 13.1. The number of rotatable bonds is 7. The van der Waals surface area contributed by atoms with Crippen molar-refractivity contribution in [2.45, 2.75) is 12.5 Å². The molecule has 1 aromatic rings. The molecule has 5 nitrogen and oxygen atoms in total. The number of halogens is 1. The van der Waals surface area contributed by atoms with E-state index in [1.807, 2.05) is 6.26 Å². The van der Waals surface area contributed by atoms with Crippen molar-refractivity contribution in [3.63, 3.8) is 0 Å². The predicted molar refractivity (Wildman–Crippen MR) is 70.5 cm³/mol. The Bertz CT molecular complexity index is 417. The van der Waals surface area contributed by atoms with E-state index in [2.05, 4.69) is 5.32 Å². The number of nitrogens with zero attached hydrogens (tertiary/aromatic N) is 1. The Morgan fingerprint density at radius 3 is 2.89 bits per heavy atom. The van der Waals surface area contributed by atoms with Crippen LogP contribution in [0, 0.1) is 15.9 Å². The largest absolute Gasteiger partial charge is 0.394 e. The zero-order chi connectivity index (χ0) is 13.5. The van der Waals surface area contributed by atoms with Gasteiger partial charge in [-0.2, -0.15) is 11.8 Å². The van der Waals surface area contributed by atoms with Crippen molar-refractivity contribution in [3.05, 3.63) is 34.1 Å². The van der Waals surface area contributed by atoms with Crippen molar-refractivity contribution in [2.24, 2.45) is 0 Å². The van der Waals surface area contributed by atoms with E-state index in [1.165, 1.54) is 0 Å². The molecule has 1 rings (SSSR count). The van der Waals surface area contributed by atoms with Crippen LogP contribution >= 0.6 is 11.8 Å². The van der Waals surface area contributed by atoms with Gasteiger partial charge in [-0.3, -0.25) is 10.1 Å². The Morgan fingerprint density at radius 2 is 2.33 bits per heavy atom. The van der Waals surface area contributed by atoms with E-state index in [0.29, 0.717) is 6.42 Å². The van der Waals surface area contributed by atoms with Gasteiger partial charge in [-0.25, -0.2) is 4.39 Å². The number of benzene rings is 1. The number of hydrogen-bond acceptors (Lipinski definition) is 5. The lowest BCUT2D eigenvalue weighted by molar-refractivity contribution is -0.384. The van der Waals surface area contributed by atoms with Crippen molar-refractivity contribution < 1.29 is 14.4 Å². The van der Waals surface area contributed by atoms with Crippen LogP contribution in [-0.2, 0) is 0 Å². The molecule has 0 heterocycles. The quantitative estimate of drug-likeness (QED) is 0.589. The summed E-state index contributed by atoms with van der Waals surface area (Å²) in [5.41, 5.74) is -0.0980. The molecule has 1 atom stereocenters. The number of nitro groups is 1. The normalized spacial score (nSPS) is 12.2. The molecule has 1 aromatic carbocycles. The van der Waals surface area contributed by atoms with Crippen LogP contribution in [0.25, 0.3) is 0 Å². The van der Waals surface area contributed by atoms with Crippen LogP contribution in [0.5, 0.6) is 0 Å². The summed E-state index contributed by atoms with van der Waals surface area (Å²) in [6.07, 6.45) is 2.57. The Labute approximate surface area is 109 Å². The first kappa shape index (κ1) is 14.7. The molecule has 100 valence electrons. The molecule has 0 aliphatic heterocycles. The summed E-state index contributed by atoms with van der Waals surface area (Å²) in [5.74, 6) is 0.256. The topological polar surface area (TPSA) is 75.4 Å². The standard InChI is InChI=1S/C11H15FN2O3S/c1-18-5-4-9(7-15)13-10-6-8(12)2-3-11(10)14(16)17/h2-3,6,9,13,15H,4-5,7H2,1H3. The van der Waals surface area contributed by atoms with Gasteiger partial charge in [0.1, 0.15) is 11.5 Å². The minimum Gasteiger partial charge on any atom is -0.394 e. The summed E-state index contributed by atoms with van der Waals surface area (Å²) in [5, 5.41) is 22.8. The van der Waals surface area contributed by atoms with Gasteiger partial charge in [-0.05, 0) is 24.5 Å². The molecular formula is C11H15FN2O3S. The van der Waals surface area contributed by atoms with Crippen LogP contribution in [0.1, 0.15) is 6.42 Å². The molecule has 0 bridgehead atoms. The molecule has 2 N–H and O–H groups in total. The van der Waals surface area contributed by atoms with Crippen LogP contribution in [0.3, 0.4) is 0 Å².